The van der Waals surface area contributed by atoms with Gasteiger partial charge in [0.05, 0.1) is 17.7 Å². The van der Waals surface area contributed by atoms with E-state index in [0.29, 0.717) is 12.6 Å². The number of carbonyl (C=O) groups is 1. The molecule has 2 amide bonds. The van der Waals surface area contributed by atoms with Crippen molar-refractivity contribution in [1.29, 1.82) is 0 Å². The highest BCUT2D eigenvalue weighted by atomic mass is 32.1. The van der Waals surface area contributed by atoms with Crippen LogP contribution in [0, 0.1) is 0 Å². The maximum Gasteiger partial charge on any atom is 0.317 e. The second-order valence-corrected chi connectivity index (χ2v) is 5.34. The summed E-state index contributed by atoms with van der Waals surface area (Å²) in [6, 6.07) is 0.388. The van der Waals surface area contributed by atoms with Crippen molar-refractivity contribution in [2.24, 2.45) is 0 Å². The quantitative estimate of drug-likeness (QED) is 0.900. The summed E-state index contributed by atoms with van der Waals surface area (Å²) < 4.78 is 0. The average Bonchev–Trinajstić information content (AvgIpc) is 2.83. The van der Waals surface area contributed by atoms with Gasteiger partial charge in [0.1, 0.15) is 0 Å². The average molecular weight is 253 g/mol. The molecule has 1 aromatic heterocycles. The van der Waals surface area contributed by atoms with Crippen LogP contribution in [-0.4, -0.2) is 29.0 Å². The van der Waals surface area contributed by atoms with Crippen LogP contribution in [0.1, 0.15) is 37.8 Å². The molecule has 1 heterocycles. The largest absolute Gasteiger partial charge is 0.335 e. The lowest BCUT2D eigenvalue weighted by molar-refractivity contribution is 0.198. The lowest BCUT2D eigenvalue weighted by atomic mass is 9.96. The van der Waals surface area contributed by atoms with E-state index in [0.717, 1.165) is 18.5 Å². The van der Waals surface area contributed by atoms with Crippen LogP contribution in [0.25, 0.3) is 0 Å². The Hall–Kier alpha value is -1.10. The van der Waals surface area contributed by atoms with Crippen molar-refractivity contribution in [3.63, 3.8) is 0 Å². The van der Waals surface area contributed by atoms with Gasteiger partial charge in [0.25, 0.3) is 0 Å². The molecule has 1 aromatic rings. The van der Waals surface area contributed by atoms with Crippen LogP contribution in [0.3, 0.4) is 0 Å². The zero-order chi connectivity index (χ0) is 12.1. The van der Waals surface area contributed by atoms with E-state index in [-0.39, 0.29) is 6.03 Å². The predicted octanol–water partition coefficient (Wildman–Crippen LogP) is 2.62. The van der Waals surface area contributed by atoms with E-state index in [4.69, 9.17) is 0 Å². The first-order valence-corrected chi connectivity index (χ1v) is 7.08. The van der Waals surface area contributed by atoms with Crippen molar-refractivity contribution in [2.45, 2.75) is 44.7 Å². The minimum absolute atomic E-state index is 0.0184. The molecule has 4 nitrogen and oxygen atoms in total. The van der Waals surface area contributed by atoms with Crippen LogP contribution < -0.4 is 5.32 Å². The Balaban J connectivity index is 1.78. The van der Waals surface area contributed by atoms with Crippen molar-refractivity contribution >= 4 is 17.4 Å². The van der Waals surface area contributed by atoms with Gasteiger partial charge in [0.15, 0.2) is 0 Å². The zero-order valence-electron chi connectivity index (χ0n) is 10.2. The van der Waals surface area contributed by atoms with Gasteiger partial charge < -0.3 is 10.2 Å². The molecular weight excluding hydrogens is 234 g/mol. The maximum absolute atomic E-state index is 11.9. The monoisotopic (exact) mass is 253 g/mol. The molecule has 0 unspecified atom stereocenters. The Bertz CT molecular complexity index is 347. The molecule has 1 N–H and O–H groups in total. The van der Waals surface area contributed by atoms with Crippen LogP contribution >= 0.6 is 11.3 Å². The van der Waals surface area contributed by atoms with Gasteiger partial charge in [-0.3, -0.25) is 0 Å². The summed E-state index contributed by atoms with van der Waals surface area (Å²) in [6.07, 6.45) is 6.02. The number of rotatable bonds is 3. The summed E-state index contributed by atoms with van der Waals surface area (Å²) in [4.78, 5) is 17.8. The molecule has 17 heavy (non-hydrogen) atoms. The lowest BCUT2D eigenvalue weighted by Gasteiger charge is -2.25. The Morgan fingerprint density at radius 2 is 2.29 bits per heavy atom. The topological polar surface area (TPSA) is 45.2 Å². The summed E-state index contributed by atoms with van der Waals surface area (Å²) in [5.74, 6) is 0. The third-order valence-corrected chi connectivity index (χ3v) is 3.80. The van der Waals surface area contributed by atoms with Crippen LogP contribution in [0.15, 0.2) is 10.9 Å². The number of carbonyl (C=O) groups excluding carboxylic acids is 1. The van der Waals surface area contributed by atoms with Gasteiger partial charge in [-0.1, -0.05) is 19.3 Å². The molecule has 0 saturated heterocycles. The number of aromatic nitrogens is 1. The van der Waals surface area contributed by atoms with Gasteiger partial charge >= 0.3 is 6.03 Å². The van der Waals surface area contributed by atoms with Gasteiger partial charge in [-0.2, -0.15) is 0 Å². The summed E-state index contributed by atoms with van der Waals surface area (Å²) in [5, 5.41) is 5.07. The molecule has 0 radical (unpaired) electrons. The summed E-state index contributed by atoms with van der Waals surface area (Å²) >= 11 is 1.56. The lowest BCUT2D eigenvalue weighted by Crippen LogP contribution is -2.43. The Morgan fingerprint density at radius 1 is 1.53 bits per heavy atom. The highest BCUT2D eigenvalue weighted by Gasteiger charge is 2.18. The van der Waals surface area contributed by atoms with Crippen LogP contribution in [0.5, 0.6) is 0 Å². The number of hydrogen-bond donors (Lipinski definition) is 1. The highest BCUT2D eigenvalue weighted by Crippen LogP contribution is 2.17. The van der Waals surface area contributed by atoms with Gasteiger partial charge in [0, 0.05) is 18.5 Å². The number of nitrogens with one attached hydrogen (secondary N) is 1. The van der Waals surface area contributed by atoms with Crippen LogP contribution in [0.2, 0.25) is 0 Å². The molecule has 0 aliphatic heterocycles. The number of amides is 2. The standard InChI is InChI=1S/C12H19N3OS/c1-15(7-11-8-17-9-13-11)12(16)14-10-5-3-2-4-6-10/h8-10H,2-7H2,1H3,(H,14,16). The molecule has 1 saturated carbocycles. The van der Waals surface area contributed by atoms with Gasteiger partial charge in [0.2, 0.25) is 0 Å². The third kappa shape index (κ3) is 3.70. The Morgan fingerprint density at radius 3 is 2.94 bits per heavy atom. The molecule has 0 bridgehead atoms. The first kappa shape index (κ1) is 12.4. The van der Waals surface area contributed by atoms with E-state index in [1.54, 1.807) is 21.7 Å². The molecule has 1 aliphatic rings. The second-order valence-electron chi connectivity index (χ2n) is 4.62. The molecule has 0 aromatic carbocycles. The van der Waals surface area contributed by atoms with Crippen molar-refractivity contribution in [3.05, 3.63) is 16.6 Å². The first-order valence-electron chi connectivity index (χ1n) is 6.14. The maximum atomic E-state index is 11.9. The highest BCUT2D eigenvalue weighted by molar-refractivity contribution is 7.07. The summed E-state index contributed by atoms with van der Waals surface area (Å²) in [6.45, 7) is 0.585. The molecule has 2 rings (SSSR count). The van der Waals surface area contributed by atoms with Gasteiger partial charge in [-0.15, -0.1) is 11.3 Å². The Labute approximate surface area is 106 Å². The molecule has 0 spiro atoms. The second kappa shape index (κ2) is 6.00. The van der Waals surface area contributed by atoms with E-state index in [1.165, 1.54) is 19.3 Å². The molecular formula is C12H19N3OS. The molecule has 1 fully saturated rings. The van der Waals surface area contributed by atoms with Crippen molar-refractivity contribution in [1.82, 2.24) is 15.2 Å². The first-order chi connectivity index (χ1) is 8.25. The molecule has 1 aliphatic carbocycles. The van der Waals surface area contributed by atoms with Crippen LogP contribution in [-0.2, 0) is 6.54 Å². The number of urea groups is 1. The van der Waals surface area contributed by atoms with E-state index in [1.807, 2.05) is 12.4 Å². The van der Waals surface area contributed by atoms with E-state index >= 15 is 0 Å². The SMILES string of the molecule is CN(Cc1cscn1)C(=O)NC1CCCCC1. The minimum Gasteiger partial charge on any atom is -0.335 e. The van der Waals surface area contributed by atoms with Gasteiger partial charge in [-0.05, 0) is 12.8 Å². The molecule has 0 atom stereocenters. The fourth-order valence-corrected chi connectivity index (χ4v) is 2.71. The number of hydrogen-bond acceptors (Lipinski definition) is 3. The predicted molar refractivity (Wildman–Crippen MR) is 69.0 cm³/mol. The third-order valence-electron chi connectivity index (χ3n) is 3.16. The minimum atomic E-state index is 0.0184. The number of thiazole rings is 1. The van der Waals surface area contributed by atoms with E-state index < -0.39 is 0 Å². The summed E-state index contributed by atoms with van der Waals surface area (Å²) in [5.41, 5.74) is 2.75. The van der Waals surface area contributed by atoms with Crippen molar-refractivity contribution < 1.29 is 4.79 Å². The van der Waals surface area contributed by atoms with E-state index in [2.05, 4.69) is 10.3 Å². The molecule has 94 valence electrons. The zero-order valence-corrected chi connectivity index (χ0v) is 11.0. The number of nitrogens with zero attached hydrogens (tertiary/aromatic N) is 2. The fraction of sp³-hybridized carbons (Fsp3) is 0.667. The summed E-state index contributed by atoms with van der Waals surface area (Å²) in [7, 11) is 1.82. The van der Waals surface area contributed by atoms with Crippen LogP contribution in [0.4, 0.5) is 4.79 Å². The fourth-order valence-electron chi connectivity index (χ4n) is 2.16. The van der Waals surface area contributed by atoms with Gasteiger partial charge in [-0.25, -0.2) is 9.78 Å². The smallest absolute Gasteiger partial charge is 0.317 e. The molecule has 5 heteroatoms. The van der Waals surface area contributed by atoms with E-state index in [9.17, 15) is 4.79 Å². The van der Waals surface area contributed by atoms with Crippen molar-refractivity contribution in [3.8, 4) is 0 Å². The Kier molecular flexibility index (Phi) is 4.36. The normalized spacial score (nSPS) is 16.8. The van der Waals surface area contributed by atoms with Crippen molar-refractivity contribution in [2.75, 3.05) is 7.05 Å².